The molecule has 92 valence electrons. The largest absolute Gasteiger partial charge is 0.409 e. The predicted molar refractivity (Wildman–Crippen MR) is 69.5 cm³/mol. The van der Waals surface area contributed by atoms with Crippen molar-refractivity contribution in [3.8, 4) is 0 Å². The van der Waals surface area contributed by atoms with Crippen LogP contribution in [0.4, 0.5) is 0 Å². The third-order valence-electron chi connectivity index (χ3n) is 2.98. The van der Waals surface area contributed by atoms with Crippen LogP contribution in [0.5, 0.6) is 0 Å². The van der Waals surface area contributed by atoms with Gasteiger partial charge in [-0.05, 0) is 25.0 Å². The predicted octanol–water partition coefficient (Wildman–Crippen LogP) is 2.60. The minimum absolute atomic E-state index is 0.137. The van der Waals surface area contributed by atoms with Gasteiger partial charge in [0.15, 0.2) is 5.84 Å². The van der Waals surface area contributed by atoms with Gasteiger partial charge in [-0.1, -0.05) is 24.4 Å². The topological polar surface area (TPSA) is 71.5 Å². The fraction of sp³-hybridized carbons (Fsp3) is 0.500. The molecule has 5 heteroatoms. The number of aromatic nitrogens is 1. The highest BCUT2D eigenvalue weighted by atomic mass is 32.2. The van der Waals surface area contributed by atoms with E-state index in [9.17, 15) is 0 Å². The minimum atomic E-state index is 0.137. The first-order valence-corrected chi connectivity index (χ1v) is 6.78. The van der Waals surface area contributed by atoms with Crippen LogP contribution in [0.3, 0.4) is 0 Å². The third-order valence-corrected chi connectivity index (χ3v) is 4.25. The average molecular weight is 251 g/mol. The highest BCUT2D eigenvalue weighted by molar-refractivity contribution is 7.99. The first kappa shape index (κ1) is 12.2. The van der Waals surface area contributed by atoms with Crippen LogP contribution in [0, 0.1) is 0 Å². The maximum Gasteiger partial charge on any atom is 0.170 e. The van der Waals surface area contributed by atoms with E-state index in [2.05, 4.69) is 10.1 Å². The van der Waals surface area contributed by atoms with Gasteiger partial charge >= 0.3 is 0 Å². The lowest BCUT2D eigenvalue weighted by atomic mass is 10.0. The normalized spacial score (nSPS) is 18.2. The van der Waals surface area contributed by atoms with Crippen LogP contribution >= 0.6 is 11.8 Å². The molecule has 0 unspecified atom stereocenters. The molecule has 3 N–H and O–H groups in total. The van der Waals surface area contributed by atoms with Crippen LogP contribution in [0.25, 0.3) is 0 Å². The molecule has 0 radical (unpaired) electrons. The van der Waals surface area contributed by atoms with E-state index < -0.39 is 0 Å². The van der Waals surface area contributed by atoms with Gasteiger partial charge < -0.3 is 10.9 Å². The summed E-state index contributed by atoms with van der Waals surface area (Å²) in [4.78, 5) is 4.32. The number of nitrogens with two attached hydrogens (primary N) is 1. The fourth-order valence-corrected chi connectivity index (χ4v) is 3.27. The molecule has 0 aromatic carbocycles. The molecule has 0 saturated heterocycles. The summed E-state index contributed by atoms with van der Waals surface area (Å²) >= 11 is 1.80. The number of hydrogen-bond donors (Lipinski definition) is 2. The molecule has 0 bridgehead atoms. The SMILES string of the molecule is N/C(=N\O)c1ccnc(SC2CCCCC2)c1. The molecule has 0 aliphatic heterocycles. The Morgan fingerprint density at radius 2 is 2.18 bits per heavy atom. The van der Waals surface area contributed by atoms with Gasteiger partial charge in [0, 0.05) is 17.0 Å². The van der Waals surface area contributed by atoms with Crippen molar-refractivity contribution in [3.63, 3.8) is 0 Å². The molecule has 1 fully saturated rings. The second kappa shape index (κ2) is 5.91. The van der Waals surface area contributed by atoms with Crippen molar-refractivity contribution in [1.29, 1.82) is 0 Å². The van der Waals surface area contributed by atoms with Gasteiger partial charge in [0.25, 0.3) is 0 Å². The van der Waals surface area contributed by atoms with Gasteiger partial charge in [0.05, 0.1) is 5.03 Å². The zero-order valence-electron chi connectivity index (χ0n) is 9.67. The Hall–Kier alpha value is -1.23. The zero-order chi connectivity index (χ0) is 12.1. The molecule has 1 aromatic rings. The molecule has 0 spiro atoms. The second-order valence-electron chi connectivity index (χ2n) is 4.25. The molecule has 2 rings (SSSR count). The van der Waals surface area contributed by atoms with Crippen LogP contribution in [-0.4, -0.2) is 21.3 Å². The average Bonchev–Trinajstić information content (AvgIpc) is 2.39. The van der Waals surface area contributed by atoms with Crippen molar-refractivity contribution in [2.24, 2.45) is 10.9 Å². The van der Waals surface area contributed by atoms with E-state index in [1.54, 1.807) is 24.0 Å². The van der Waals surface area contributed by atoms with E-state index in [0.29, 0.717) is 5.25 Å². The highest BCUT2D eigenvalue weighted by Crippen LogP contribution is 2.32. The molecular weight excluding hydrogens is 234 g/mol. The summed E-state index contributed by atoms with van der Waals surface area (Å²) in [7, 11) is 0. The number of hydrogen-bond acceptors (Lipinski definition) is 4. The smallest absolute Gasteiger partial charge is 0.170 e. The van der Waals surface area contributed by atoms with Gasteiger partial charge in [-0.15, -0.1) is 11.8 Å². The van der Waals surface area contributed by atoms with E-state index in [1.807, 2.05) is 6.07 Å². The van der Waals surface area contributed by atoms with Gasteiger partial charge in [-0.25, -0.2) is 4.98 Å². The summed E-state index contributed by atoms with van der Waals surface area (Å²) < 4.78 is 0. The van der Waals surface area contributed by atoms with Gasteiger partial charge in [-0.3, -0.25) is 0 Å². The summed E-state index contributed by atoms with van der Waals surface area (Å²) in [6.45, 7) is 0. The van der Waals surface area contributed by atoms with E-state index in [0.717, 1.165) is 10.6 Å². The van der Waals surface area contributed by atoms with Crippen molar-refractivity contribution < 1.29 is 5.21 Å². The van der Waals surface area contributed by atoms with E-state index >= 15 is 0 Å². The third kappa shape index (κ3) is 3.36. The number of nitrogens with zero attached hydrogens (tertiary/aromatic N) is 2. The number of rotatable bonds is 3. The molecule has 4 nitrogen and oxygen atoms in total. The minimum Gasteiger partial charge on any atom is -0.409 e. The summed E-state index contributed by atoms with van der Waals surface area (Å²) in [5.74, 6) is 0.137. The Morgan fingerprint density at radius 1 is 1.41 bits per heavy atom. The highest BCUT2D eigenvalue weighted by Gasteiger charge is 2.15. The maximum absolute atomic E-state index is 8.64. The Bertz CT molecular complexity index is 402. The molecule has 1 aromatic heterocycles. The number of pyridine rings is 1. The Labute approximate surface area is 105 Å². The molecule has 1 saturated carbocycles. The molecular formula is C12H17N3OS. The number of oxime groups is 1. The fourth-order valence-electron chi connectivity index (χ4n) is 2.04. The Balaban J connectivity index is 2.05. The van der Waals surface area contributed by atoms with Crippen LogP contribution in [-0.2, 0) is 0 Å². The molecule has 0 amide bonds. The summed E-state index contributed by atoms with van der Waals surface area (Å²) in [5.41, 5.74) is 6.28. The number of amidine groups is 1. The standard InChI is InChI=1S/C12H17N3OS/c13-12(15-16)9-6-7-14-11(8-9)17-10-4-2-1-3-5-10/h6-8,10,16H,1-5H2,(H2,13,15). The molecule has 17 heavy (non-hydrogen) atoms. The summed E-state index contributed by atoms with van der Waals surface area (Å²) in [5, 5.41) is 13.3. The maximum atomic E-state index is 8.64. The molecule has 1 aliphatic rings. The lowest BCUT2D eigenvalue weighted by Crippen LogP contribution is -2.13. The Morgan fingerprint density at radius 3 is 2.88 bits per heavy atom. The van der Waals surface area contributed by atoms with E-state index in [1.165, 1.54) is 32.1 Å². The second-order valence-corrected chi connectivity index (χ2v) is 5.57. The van der Waals surface area contributed by atoms with Gasteiger partial charge in [0.1, 0.15) is 0 Å². The van der Waals surface area contributed by atoms with Gasteiger partial charge in [-0.2, -0.15) is 0 Å². The molecule has 1 aliphatic carbocycles. The zero-order valence-corrected chi connectivity index (χ0v) is 10.5. The van der Waals surface area contributed by atoms with E-state index in [-0.39, 0.29) is 5.84 Å². The first-order valence-electron chi connectivity index (χ1n) is 5.90. The number of thioether (sulfide) groups is 1. The van der Waals surface area contributed by atoms with Crippen molar-refractivity contribution in [1.82, 2.24) is 4.98 Å². The lowest BCUT2D eigenvalue weighted by Gasteiger charge is -2.20. The molecule has 0 atom stereocenters. The van der Waals surface area contributed by atoms with Gasteiger partial charge in [0.2, 0.25) is 0 Å². The van der Waals surface area contributed by atoms with Crippen molar-refractivity contribution >= 4 is 17.6 Å². The van der Waals surface area contributed by atoms with E-state index in [4.69, 9.17) is 10.9 Å². The van der Waals surface area contributed by atoms with Crippen LogP contribution < -0.4 is 5.73 Å². The lowest BCUT2D eigenvalue weighted by molar-refractivity contribution is 0.318. The quantitative estimate of drug-likeness (QED) is 0.375. The van der Waals surface area contributed by atoms with Crippen molar-refractivity contribution in [3.05, 3.63) is 23.9 Å². The summed E-state index contributed by atoms with van der Waals surface area (Å²) in [6, 6.07) is 3.63. The van der Waals surface area contributed by atoms with Crippen LogP contribution in [0.2, 0.25) is 0 Å². The van der Waals surface area contributed by atoms with Crippen LogP contribution in [0.15, 0.2) is 28.5 Å². The molecule has 1 heterocycles. The van der Waals surface area contributed by atoms with Crippen molar-refractivity contribution in [2.75, 3.05) is 0 Å². The van der Waals surface area contributed by atoms with Crippen molar-refractivity contribution in [2.45, 2.75) is 42.4 Å². The first-order chi connectivity index (χ1) is 8.29. The summed E-state index contributed by atoms with van der Waals surface area (Å²) in [6.07, 6.45) is 8.22. The Kier molecular flexibility index (Phi) is 4.25. The monoisotopic (exact) mass is 251 g/mol. The van der Waals surface area contributed by atoms with Crippen LogP contribution in [0.1, 0.15) is 37.7 Å².